The number of ether oxygens (including phenoxy) is 1. The van der Waals surface area contributed by atoms with Crippen LogP contribution < -0.4 is 4.74 Å². The van der Waals surface area contributed by atoms with Crippen molar-refractivity contribution >= 4 is 21.7 Å². The van der Waals surface area contributed by atoms with Crippen LogP contribution in [0.2, 0.25) is 0 Å². The van der Waals surface area contributed by atoms with Crippen LogP contribution in [0, 0.1) is 5.92 Å². The molecule has 0 bridgehead atoms. The van der Waals surface area contributed by atoms with E-state index in [2.05, 4.69) is 29.8 Å². The molecule has 2 nitrogen and oxygen atoms in total. The van der Waals surface area contributed by atoms with Gasteiger partial charge in [-0.2, -0.15) is 0 Å². The molecule has 1 unspecified atom stereocenters. The Balaban J connectivity index is 3.01. The van der Waals surface area contributed by atoms with E-state index in [-0.39, 0.29) is 11.9 Å². The van der Waals surface area contributed by atoms with Crippen molar-refractivity contribution in [2.24, 2.45) is 5.92 Å². The Kier molecular flexibility index (Phi) is 4.54. The van der Waals surface area contributed by atoms with Crippen molar-refractivity contribution in [1.82, 2.24) is 0 Å². The minimum Gasteiger partial charge on any atom is -0.490 e. The average Bonchev–Trinajstić information content (AvgIpc) is 2.16. The van der Waals surface area contributed by atoms with Gasteiger partial charge in [-0.15, -0.1) is 0 Å². The second-order valence-corrected chi connectivity index (χ2v) is 5.18. The average molecular weight is 285 g/mol. The molecule has 3 heteroatoms. The van der Waals surface area contributed by atoms with E-state index in [0.29, 0.717) is 17.2 Å². The van der Waals surface area contributed by atoms with E-state index in [4.69, 9.17) is 4.74 Å². The molecule has 0 aromatic heterocycles. The summed E-state index contributed by atoms with van der Waals surface area (Å²) in [5, 5.41) is 0. The summed E-state index contributed by atoms with van der Waals surface area (Å²) in [6, 6.07) is 5.48. The molecule has 16 heavy (non-hydrogen) atoms. The van der Waals surface area contributed by atoms with E-state index in [1.807, 2.05) is 19.1 Å². The first kappa shape index (κ1) is 13.2. The lowest BCUT2D eigenvalue weighted by atomic mass is 10.1. The summed E-state index contributed by atoms with van der Waals surface area (Å²) >= 11 is 3.38. The van der Waals surface area contributed by atoms with Crippen LogP contribution in [-0.2, 0) is 0 Å². The number of hydrogen-bond donors (Lipinski definition) is 0. The third kappa shape index (κ3) is 3.34. The van der Waals surface area contributed by atoms with Gasteiger partial charge in [0.25, 0.3) is 0 Å². The summed E-state index contributed by atoms with van der Waals surface area (Å²) in [5.74, 6) is 1.10. The number of carbonyl (C=O) groups is 1. The van der Waals surface area contributed by atoms with Gasteiger partial charge in [-0.3, -0.25) is 4.79 Å². The fourth-order valence-corrected chi connectivity index (χ4v) is 1.56. The summed E-state index contributed by atoms with van der Waals surface area (Å²) in [6.07, 6.45) is 0.0902. The second kappa shape index (κ2) is 5.48. The quantitative estimate of drug-likeness (QED) is 0.779. The van der Waals surface area contributed by atoms with Crippen LogP contribution in [0.4, 0.5) is 0 Å². The highest BCUT2D eigenvalue weighted by Crippen LogP contribution is 2.26. The van der Waals surface area contributed by atoms with Crippen LogP contribution in [0.5, 0.6) is 5.75 Å². The molecule has 1 aromatic rings. The predicted molar refractivity (Wildman–Crippen MR) is 69.1 cm³/mol. The summed E-state index contributed by atoms with van der Waals surface area (Å²) in [5.41, 5.74) is 0.635. The van der Waals surface area contributed by atoms with Crippen LogP contribution >= 0.6 is 15.9 Å². The number of hydrogen-bond acceptors (Lipinski definition) is 2. The van der Waals surface area contributed by atoms with E-state index in [0.717, 1.165) is 4.47 Å². The highest BCUT2D eigenvalue weighted by atomic mass is 79.9. The Bertz CT molecular complexity index is 386. The zero-order chi connectivity index (χ0) is 12.3. The molecule has 0 fully saturated rings. The molecule has 0 aliphatic rings. The lowest BCUT2D eigenvalue weighted by Crippen LogP contribution is -2.19. The molecule has 0 amide bonds. The van der Waals surface area contributed by atoms with E-state index in [1.165, 1.54) is 0 Å². The fraction of sp³-hybridized carbons (Fsp3) is 0.462. The lowest BCUT2D eigenvalue weighted by Gasteiger charge is -2.19. The summed E-state index contributed by atoms with van der Waals surface area (Å²) in [6.45, 7) is 7.75. The normalized spacial score (nSPS) is 12.6. The number of rotatable bonds is 4. The van der Waals surface area contributed by atoms with Crippen molar-refractivity contribution in [1.29, 1.82) is 0 Å². The number of carbonyl (C=O) groups excluding carboxylic acids is 1. The Hall–Kier alpha value is -0.830. The van der Waals surface area contributed by atoms with Gasteiger partial charge < -0.3 is 4.74 Å². The largest absolute Gasteiger partial charge is 0.490 e. The minimum atomic E-state index is 0.0263. The number of halogens is 1. The van der Waals surface area contributed by atoms with Gasteiger partial charge in [-0.1, -0.05) is 29.8 Å². The Morgan fingerprint density at radius 1 is 1.31 bits per heavy atom. The molecular weight excluding hydrogens is 268 g/mol. The smallest absolute Gasteiger partial charge is 0.163 e. The van der Waals surface area contributed by atoms with Gasteiger partial charge in [-0.25, -0.2) is 0 Å². The van der Waals surface area contributed by atoms with E-state index >= 15 is 0 Å². The van der Waals surface area contributed by atoms with Gasteiger partial charge in [0.05, 0.1) is 11.7 Å². The first-order valence-electron chi connectivity index (χ1n) is 5.39. The molecular formula is C13H17BrO2. The highest BCUT2D eigenvalue weighted by molar-refractivity contribution is 9.10. The van der Waals surface area contributed by atoms with Crippen molar-refractivity contribution in [2.45, 2.75) is 33.8 Å². The van der Waals surface area contributed by atoms with Crippen molar-refractivity contribution in [3.05, 3.63) is 28.2 Å². The van der Waals surface area contributed by atoms with Gasteiger partial charge in [-0.05, 0) is 38.0 Å². The van der Waals surface area contributed by atoms with Crippen molar-refractivity contribution in [3.63, 3.8) is 0 Å². The molecule has 1 atom stereocenters. The molecule has 0 aliphatic heterocycles. The molecule has 0 radical (unpaired) electrons. The van der Waals surface area contributed by atoms with E-state index < -0.39 is 0 Å². The molecule has 1 aromatic carbocycles. The van der Waals surface area contributed by atoms with Crippen molar-refractivity contribution in [3.8, 4) is 5.75 Å². The zero-order valence-electron chi connectivity index (χ0n) is 10.1. The van der Waals surface area contributed by atoms with Gasteiger partial charge >= 0.3 is 0 Å². The van der Waals surface area contributed by atoms with Crippen molar-refractivity contribution in [2.75, 3.05) is 0 Å². The van der Waals surface area contributed by atoms with Gasteiger partial charge in [0.15, 0.2) is 5.78 Å². The zero-order valence-corrected chi connectivity index (χ0v) is 11.7. The SMILES string of the molecule is CC(=O)c1ccc(Br)cc1OC(C)C(C)C. The van der Waals surface area contributed by atoms with Gasteiger partial charge in [0.2, 0.25) is 0 Å². The standard InChI is InChI=1S/C13H17BrO2/c1-8(2)10(4)16-13-7-11(14)5-6-12(13)9(3)15/h5-8,10H,1-4H3. The summed E-state index contributed by atoms with van der Waals surface area (Å²) < 4.78 is 6.72. The molecule has 0 saturated carbocycles. The Labute approximate surface area is 105 Å². The maximum absolute atomic E-state index is 11.4. The van der Waals surface area contributed by atoms with Crippen LogP contribution in [0.15, 0.2) is 22.7 Å². The summed E-state index contributed by atoms with van der Waals surface area (Å²) in [7, 11) is 0. The predicted octanol–water partition coefficient (Wildman–Crippen LogP) is 4.08. The van der Waals surface area contributed by atoms with Gasteiger partial charge in [0.1, 0.15) is 5.75 Å². The molecule has 0 aliphatic carbocycles. The van der Waals surface area contributed by atoms with Crippen LogP contribution in [0.3, 0.4) is 0 Å². The van der Waals surface area contributed by atoms with Crippen LogP contribution in [0.25, 0.3) is 0 Å². The maximum atomic E-state index is 11.4. The highest BCUT2D eigenvalue weighted by Gasteiger charge is 2.14. The van der Waals surface area contributed by atoms with E-state index in [9.17, 15) is 4.79 Å². The lowest BCUT2D eigenvalue weighted by molar-refractivity contribution is 0.100. The summed E-state index contributed by atoms with van der Waals surface area (Å²) in [4.78, 5) is 11.4. The number of Topliss-reactive ketones (excluding diaryl/α,β-unsaturated/α-hetero) is 1. The molecule has 0 heterocycles. The van der Waals surface area contributed by atoms with Gasteiger partial charge in [0, 0.05) is 4.47 Å². The Morgan fingerprint density at radius 2 is 1.94 bits per heavy atom. The molecule has 0 saturated heterocycles. The minimum absolute atomic E-state index is 0.0263. The van der Waals surface area contributed by atoms with E-state index in [1.54, 1.807) is 13.0 Å². The number of ketones is 1. The Morgan fingerprint density at radius 3 is 2.44 bits per heavy atom. The molecule has 0 spiro atoms. The first-order chi connectivity index (χ1) is 7.41. The fourth-order valence-electron chi connectivity index (χ4n) is 1.22. The van der Waals surface area contributed by atoms with Crippen LogP contribution in [0.1, 0.15) is 38.1 Å². The maximum Gasteiger partial charge on any atom is 0.163 e. The van der Waals surface area contributed by atoms with Crippen molar-refractivity contribution < 1.29 is 9.53 Å². The molecule has 0 N–H and O–H groups in total. The molecule has 1 rings (SSSR count). The second-order valence-electron chi connectivity index (χ2n) is 4.26. The third-order valence-corrected chi connectivity index (χ3v) is 3.07. The molecule has 88 valence electrons. The monoisotopic (exact) mass is 284 g/mol. The third-order valence-electron chi connectivity index (χ3n) is 2.57. The first-order valence-corrected chi connectivity index (χ1v) is 6.18. The topological polar surface area (TPSA) is 26.3 Å². The number of benzene rings is 1. The van der Waals surface area contributed by atoms with Crippen LogP contribution in [-0.4, -0.2) is 11.9 Å².